The molecule has 0 aliphatic carbocycles. The van der Waals surface area contributed by atoms with Gasteiger partial charge in [0.2, 0.25) is 0 Å². The summed E-state index contributed by atoms with van der Waals surface area (Å²) in [6.45, 7) is 0. The van der Waals surface area contributed by atoms with Gasteiger partial charge in [-0.1, -0.05) is 0 Å². The molecule has 0 aliphatic heterocycles. The summed E-state index contributed by atoms with van der Waals surface area (Å²) in [6.07, 6.45) is 2.80. The SMILES string of the molecule is CS(=O)(=O)n1ccc2cc([Se]c3cccc(Cl)c3)ccc21. The predicted molar refractivity (Wildman–Crippen MR) is 88.7 cm³/mol. The molecule has 0 saturated carbocycles. The van der Waals surface area contributed by atoms with E-state index >= 15 is 0 Å². The van der Waals surface area contributed by atoms with Crippen molar-refractivity contribution in [2.75, 3.05) is 6.26 Å². The number of hydrogen-bond donors (Lipinski definition) is 0. The van der Waals surface area contributed by atoms with Crippen LogP contribution < -0.4 is 8.92 Å². The van der Waals surface area contributed by atoms with Crippen LogP contribution in [0.1, 0.15) is 0 Å². The second-order valence-electron chi connectivity index (χ2n) is 4.65. The molecule has 0 radical (unpaired) electrons. The van der Waals surface area contributed by atoms with Crippen LogP contribution in [0.15, 0.2) is 54.7 Å². The number of rotatable bonds is 3. The van der Waals surface area contributed by atoms with E-state index in [-0.39, 0.29) is 15.0 Å². The van der Waals surface area contributed by atoms with Crippen molar-refractivity contribution in [3.63, 3.8) is 0 Å². The van der Waals surface area contributed by atoms with Gasteiger partial charge in [0.25, 0.3) is 0 Å². The Bertz CT molecular complexity index is 918. The number of aromatic nitrogens is 1. The molecule has 1 heterocycles. The van der Waals surface area contributed by atoms with Crippen LogP contribution in [-0.2, 0) is 10.0 Å². The molecule has 0 amide bonds. The van der Waals surface area contributed by atoms with E-state index in [0.717, 1.165) is 10.4 Å². The zero-order valence-electron chi connectivity index (χ0n) is 11.2. The molecule has 108 valence electrons. The Hall–Kier alpha value is -1.26. The van der Waals surface area contributed by atoms with Crippen LogP contribution in [-0.4, -0.2) is 33.6 Å². The first-order valence-corrected chi connectivity index (χ1v) is 10.1. The normalized spacial score (nSPS) is 11.9. The van der Waals surface area contributed by atoms with Gasteiger partial charge in [-0.05, 0) is 0 Å². The van der Waals surface area contributed by atoms with Crippen LogP contribution in [0, 0.1) is 0 Å². The van der Waals surface area contributed by atoms with Gasteiger partial charge in [-0.15, -0.1) is 0 Å². The fraction of sp³-hybridized carbons (Fsp3) is 0.0667. The van der Waals surface area contributed by atoms with Crippen LogP contribution >= 0.6 is 11.6 Å². The van der Waals surface area contributed by atoms with E-state index < -0.39 is 10.0 Å². The van der Waals surface area contributed by atoms with E-state index in [2.05, 4.69) is 6.07 Å². The van der Waals surface area contributed by atoms with E-state index in [4.69, 9.17) is 11.6 Å². The molecule has 6 heteroatoms. The van der Waals surface area contributed by atoms with Gasteiger partial charge in [-0.2, -0.15) is 0 Å². The zero-order chi connectivity index (χ0) is 15.0. The number of benzene rings is 2. The van der Waals surface area contributed by atoms with Gasteiger partial charge < -0.3 is 0 Å². The van der Waals surface area contributed by atoms with Gasteiger partial charge in [0.1, 0.15) is 0 Å². The molecule has 0 N–H and O–H groups in total. The Balaban J connectivity index is 1.99. The molecule has 3 aromatic rings. The van der Waals surface area contributed by atoms with Gasteiger partial charge in [0.15, 0.2) is 0 Å². The Morgan fingerprint density at radius 1 is 1.05 bits per heavy atom. The molecule has 0 unspecified atom stereocenters. The molecule has 21 heavy (non-hydrogen) atoms. The fourth-order valence-corrected chi connectivity index (χ4v) is 5.20. The van der Waals surface area contributed by atoms with Crippen molar-refractivity contribution in [2.45, 2.75) is 0 Å². The van der Waals surface area contributed by atoms with E-state index in [1.165, 1.54) is 19.2 Å². The summed E-state index contributed by atoms with van der Waals surface area (Å²) in [5, 5.41) is 1.67. The minimum atomic E-state index is -3.26. The van der Waals surface area contributed by atoms with Gasteiger partial charge in [-0.25, -0.2) is 0 Å². The monoisotopic (exact) mass is 385 g/mol. The van der Waals surface area contributed by atoms with Gasteiger partial charge >= 0.3 is 135 Å². The zero-order valence-corrected chi connectivity index (χ0v) is 14.4. The van der Waals surface area contributed by atoms with E-state index in [1.807, 2.05) is 42.5 Å². The summed E-state index contributed by atoms with van der Waals surface area (Å²) in [4.78, 5) is 0. The van der Waals surface area contributed by atoms with Crippen molar-refractivity contribution in [1.82, 2.24) is 3.97 Å². The first-order valence-electron chi connectivity index (χ1n) is 6.18. The molecule has 3 nitrogen and oxygen atoms in total. The second kappa shape index (κ2) is 5.50. The molecule has 2 aromatic carbocycles. The molecule has 0 atom stereocenters. The Labute approximate surface area is 134 Å². The van der Waals surface area contributed by atoms with E-state index in [1.54, 1.807) is 6.20 Å². The van der Waals surface area contributed by atoms with Crippen molar-refractivity contribution in [2.24, 2.45) is 0 Å². The van der Waals surface area contributed by atoms with Gasteiger partial charge in [-0.3, -0.25) is 0 Å². The predicted octanol–water partition coefficient (Wildman–Crippen LogP) is 1.76. The summed E-state index contributed by atoms with van der Waals surface area (Å²) in [5.74, 6) is 0. The second-order valence-corrected chi connectivity index (χ2v) is 9.36. The maximum absolute atomic E-state index is 11.7. The van der Waals surface area contributed by atoms with Crippen LogP contribution in [0.25, 0.3) is 10.9 Å². The number of hydrogen-bond acceptors (Lipinski definition) is 2. The van der Waals surface area contributed by atoms with E-state index in [9.17, 15) is 8.42 Å². The summed E-state index contributed by atoms with van der Waals surface area (Å²) in [6, 6.07) is 15.5. The van der Waals surface area contributed by atoms with Crippen LogP contribution in [0.2, 0.25) is 5.02 Å². The van der Waals surface area contributed by atoms with Crippen LogP contribution in [0.3, 0.4) is 0 Å². The van der Waals surface area contributed by atoms with Crippen molar-refractivity contribution in [3.8, 4) is 0 Å². The molecule has 1 aromatic heterocycles. The maximum atomic E-state index is 11.7. The van der Waals surface area contributed by atoms with E-state index in [0.29, 0.717) is 5.52 Å². The van der Waals surface area contributed by atoms with Crippen LogP contribution in [0.4, 0.5) is 0 Å². The molecule has 0 bridgehead atoms. The van der Waals surface area contributed by atoms with Crippen LogP contribution in [0.5, 0.6) is 0 Å². The summed E-state index contributed by atoms with van der Waals surface area (Å²) < 4.78 is 27.0. The summed E-state index contributed by atoms with van der Waals surface area (Å²) in [7, 11) is -3.26. The van der Waals surface area contributed by atoms with Crippen molar-refractivity contribution >= 4 is 56.4 Å². The third-order valence-corrected chi connectivity index (χ3v) is 6.34. The minimum absolute atomic E-state index is 0.145. The topological polar surface area (TPSA) is 39.1 Å². The standard InChI is InChI=1S/C15H12ClNO2SSe/c1-20(18,19)17-8-7-11-9-14(5-6-15(11)17)21-13-4-2-3-12(16)10-13/h2-10H,1H3. The first-order chi connectivity index (χ1) is 9.93. The average Bonchev–Trinajstić information content (AvgIpc) is 2.81. The Morgan fingerprint density at radius 2 is 1.81 bits per heavy atom. The summed E-state index contributed by atoms with van der Waals surface area (Å²) in [5.41, 5.74) is 0.711. The fourth-order valence-electron chi connectivity index (χ4n) is 2.11. The van der Waals surface area contributed by atoms with Crippen molar-refractivity contribution < 1.29 is 8.42 Å². The Kier molecular flexibility index (Phi) is 3.84. The molecule has 0 aliphatic rings. The van der Waals surface area contributed by atoms with Crippen molar-refractivity contribution in [1.29, 1.82) is 0 Å². The molecular weight excluding hydrogens is 373 g/mol. The molecule has 3 rings (SSSR count). The number of nitrogens with zero attached hydrogens (tertiary/aromatic N) is 1. The molecular formula is C15H12ClNO2SSe. The molecule has 0 saturated heterocycles. The summed E-state index contributed by atoms with van der Waals surface area (Å²) >= 11 is 6.14. The third-order valence-electron chi connectivity index (χ3n) is 3.01. The number of halogens is 1. The van der Waals surface area contributed by atoms with Crippen molar-refractivity contribution in [3.05, 3.63) is 59.8 Å². The molecule has 0 spiro atoms. The van der Waals surface area contributed by atoms with Gasteiger partial charge in [0.05, 0.1) is 0 Å². The quantitative estimate of drug-likeness (QED) is 0.646. The van der Waals surface area contributed by atoms with Gasteiger partial charge in [0, 0.05) is 0 Å². The third kappa shape index (κ3) is 3.16. The number of fused-ring (bicyclic) bond motifs is 1. The average molecular weight is 385 g/mol. The Morgan fingerprint density at radius 3 is 2.52 bits per heavy atom. The molecule has 0 fully saturated rings. The first kappa shape index (κ1) is 14.7.